The molecule has 0 aliphatic carbocycles. The number of halogens is 2. The molecule has 2 rings (SSSR count). The van der Waals surface area contributed by atoms with Gasteiger partial charge in [0.05, 0.1) is 0 Å². The van der Waals surface area contributed by atoms with E-state index in [4.69, 9.17) is 4.74 Å². The molecule has 108 valence electrons. The fourth-order valence-electron chi connectivity index (χ4n) is 1.82. The maximum Gasteiger partial charge on any atom is 0.123 e. The second-order valence-electron chi connectivity index (χ2n) is 4.53. The fraction of sp³-hybridized carbons (Fsp3) is 0.250. The van der Waals surface area contributed by atoms with Gasteiger partial charge in [0.25, 0.3) is 0 Å². The van der Waals surface area contributed by atoms with Crippen molar-refractivity contribution in [1.29, 1.82) is 0 Å². The van der Waals surface area contributed by atoms with E-state index in [0.29, 0.717) is 12.4 Å². The molecule has 0 atom stereocenters. The fourth-order valence-corrected chi connectivity index (χ4v) is 1.82. The molecule has 0 amide bonds. The number of hydrogen-bond donors (Lipinski definition) is 0. The minimum Gasteiger partial charge on any atom is -0.492 e. The van der Waals surface area contributed by atoms with Crippen molar-refractivity contribution in [3.8, 4) is 5.75 Å². The van der Waals surface area contributed by atoms with Crippen LogP contribution in [-0.4, -0.2) is 25.1 Å². The van der Waals surface area contributed by atoms with Crippen molar-refractivity contribution in [1.82, 2.24) is 4.90 Å². The van der Waals surface area contributed by atoms with E-state index in [9.17, 15) is 4.39 Å². The van der Waals surface area contributed by atoms with E-state index in [-0.39, 0.29) is 18.2 Å². The lowest BCUT2D eigenvalue weighted by molar-refractivity contribution is 0.232. The average Bonchev–Trinajstić information content (AvgIpc) is 2.42. The summed E-state index contributed by atoms with van der Waals surface area (Å²) in [6.45, 7) is 2.31. The first kappa shape index (κ1) is 16.5. The van der Waals surface area contributed by atoms with E-state index in [1.807, 2.05) is 18.2 Å². The van der Waals surface area contributed by atoms with Crippen molar-refractivity contribution < 1.29 is 9.13 Å². The van der Waals surface area contributed by atoms with Crippen molar-refractivity contribution in [2.24, 2.45) is 0 Å². The Hall–Kier alpha value is -1.58. The number of nitrogens with zero attached hydrogens (tertiary/aromatic N) is 1. The molecular weight excluding hydrogens is 277 g/mol. The Morgan fingerprint density at radius 3 is 2.30 bits per heavy atom. The van der Waals surface area contributed by atoms with E-state index < -0.39 is 0 Å². The highest BCUT2D eigenvalue weighted by Gasteiger charge is 2.00. The van der Waals surface area contributed by atoms with E-state index in [0.717, 1.165) is 13.1 Å². The average molecular weight is 296 g/mol. The number of likely N-dealkylation sites (N-methyl/N-ethyl adjacent to an activating group) is 1. The monoisotopic (exact) mass is 295 g/mol. The minimum absolute atomic E-state index is 0. The summed E-state index contributed by atoms with van der Waals surface area (Å²) in [5.74, 6) is 0.461. The third-order valence-corrected chi connectivity index (χ3v) is 2.85. The first-order valence-corrected chi connectivity index (χ1v) is 6.35. The summed E-state index contributed by atoms with van der Waals surface area (Å²) in [4.78, 5) is 2.19. The van der Waals surface area contributed by atoms with Crippen LogP contribution < -0.4 is 4.74 Å². The quantitative estimate of drug-likeness (QED) is 0.804. The van der Waals surface area contributed by atoms with E-state index >= 15 is 0 Å². The molecule has 0 aliphatic heterocycles. The van der Waals surface area contributed by atoms with E-state index in [1.54, 1.807) is 12.1 Å². The van der Waals surface area contributed by atoms with Gasteiger partial charge in [0.2, 0.25) is 0 Å². The molecule has 0 aromatic heterocycles. The molecule has 20 heavy (non-hydrogen) atoms. The van der Waals surface area contributed by atoms with Crippen LogP contribution in [0.4, 0.5) is 4.39 Å². The van der Waals surface area contributed by atoms with Gasteiger partial charge in [-0.3, -0.25) is 4.90 Å². The Bertz CT molecular complexity index is 490. The molecule has 0 spiro atoms. The second-order valence-corrected chi connectivity index (χ2v) is 4.53. The first-order chi connectivity index (χ1) is 9.24. The number of rotatable bonds is 6. The largest absolute Gasteiger partial charge is 0.492 e. The zero-order valence-corrected chi connectivity index (χ0v) is 12.3. The van der Waals surface area contributed by atoms with Crippen LogP contribution in [0.5, 0.6) is 5.75 Å². The van der Waals surface area contributed by atoms with Gasteiger partial charge in [0, 0.05) is 13.1 Å². The summed E-state index contributed by atoms with van der Waals surface area (Å²) in [6, 6.07) is 16.4. The van der Waals surface area contributed by atoms with Crippen LogP contribution in [0.25, 0.3) is 0 Å². The third kappa shape index (κ3) is 5.59. The Balaban J connectivity index is 0.00000200. The summed E-state index contributed by atoms with van der Waals surface area (Å²) in [6.07, 6.45) is 0. The van der Waals surface area contributed by atoms with Crippen molar-refractivity contribution >= 4 is 12.4 Å². The molecule has 0 radical (unpaired) electrons. The molecule has 0 saturated carbocycles. The SMILES string of the molecule is CN(CCOc1ccc(F)cc1)Cc1ccccc1.Cl. The Morgan fingerprint density at radius 2 is 1.65 bits per heavy atom. The molecular formula is C16H19ClFNO. The molecule has 2 nitrogen and oxygen atoms in total. The highest BCUT2D eigenvalue weighted by Crippen LogP contribution is 2.11. The molecule has 2 aromatic rings. The summed E-state index contributed by atoms with van der Waals surface area (Å²) in [7, 11) is 2.06. The van der Waals surface area contributed by atoms with Crippen molar-refractivity contribution in [2.45, 2.75) is 6.54 Å². The zero-order valence-electron chi connectivity index (χ0n) is 11.5. The van der Waals surface area contributed by atoms with Gasteiger partial charge in [0.1, 0.15) is 18.2 Å². The van der Waals surface area contributed by atoms with Gasteiger partial charge < -0.3 is 4.74 Å². The summed E-state index contributed by atoms with van der Waals surface area (Å²) < 4.78 is 18.3. The van der Waals surface area contributed by atoms with Gasteiger partial charge in [-0.1, -0.05) is 30.3 Å². The van der Waals surface area contributed by atoms with Crippen LogP contribution in [0.3, 0.4) is 0 Å². The molecule has 2 aromatic carbocycles. The van der Waals surface area contributed by atoms with Crippen LogP contribution in [-0.2, 0) is 6.54 Å². The highest BCUT2D eigenvalue weighted by molar-refractivity contribution is 5.85. The minimum atomic E-state index is -0.242. The molecule has 0 heterocycles. The van der Waals surface area contributed by atoms with Crippen molar-refractivity contribution in [3.05, 3.63) is 66.0 Å². The molecule has 0 unspecified atom stereocenters. The third-order valence-electron chi connectivity index (χ3n) is 2.85. The van der Waals surface area contributed by atoms with Gasteiger partial charge in [0.15, 0.2) is 0 Å². The molecule has 0 saturated heterocycles. The lowest BCUT2D eigenvalue weighted by Crippen LogP contribution is -2.23. The number of ether oxygens (including phenoxy) is 1. The smallest absolute Gasteiger partial charge is 0.123 e. The van der Waals surface area contributed by atoms with Crippen LogP contribution in [0.15, 0.2) is 54.6 Å². The van der Waals surface area contributed by atoms with Gasteiger partial charge in [-0.05, 0) is 36.9 Å². The Kier molecular flexibility index (Phi) is 7.05. The molecule has 0 N–H and O–H groups in total. The Morgan fingerprint density at radius 1 is 1.00 bits per heavy atom. The maximum absolute atomic E-state index is 12.7. The second kappa shape index (κ2) is 8.56. The standard InChI is InChI=1S/C16H18FNO.ClH/c1-18(13-14-5-3-2-4-6-14)11-12-19-16-9-7-15(17)8-10-16;/h2-10H,11-13H2,1H3;1H. The van der Waals surface area contributed by atoms with Crippen molar-refractivity contribution in [3.63, 3.8) is 0 Å². The highest BCUT2D eigenvalue weighted by atomic mass is 35.5. The van der Waals surface area contributed by atoms with Crippen LogP contribution in [0.2, 0.25) is 0 Å². The molecule has 0 aliphatic rings. The van der Waals surface area contributed by atoms with Crippen LogP contribution in [0.1, 0.15) is 5.56 Å². The lowest BCUT2D eigenvalue weighted by atomic mass is 10.2. The summed E-state index contributed by atoms with van der Waals surface area (Å²) >= 11 is 0. The maximum atomic E-state index is 12.7. The van der Waals surface area contributed by atoms with Crippen LogP contribution in [0, 0.1) is 5.82 Å². The predicted molar refractivity (Wildman–Crippen MR) is 81.9 cm³/mol. The first-order valence-electron chi connectivity index (χ1n) is 6.35. The van der Waals surface area contributed by atoms with E-state index in [1.165, 1.54) is 17.7 Å². The van der Waals surface area contributed by atoms with Gasteiger partial charge in [-0.2, -0.15) is 0 Å². The van der Waals surface area contributed by atoms with Gasteiger partial charge in [-0.15, -0.1) is 12.4 Å². The van der Waals surface area contributed by atoms with Gasteiger partial charge >= 0.3 is 0 Å². The topological polar surface area (TPSA) is 12.5 Å². The number of hydrogen-bond acceptors (Lipinski definition) is 2. The molecule has 0 bridgehead atoms. The van der Waals surface area contributed by atoms with Crippen LogP contribution >= 0.6 is 12.4 Å². The predicted octanol–water partition coefficient (Wildman–Crippen LogP) is 3.76. The van der Waals surface area contributed by atoms with Crippen molar-refractivity contribution in [2.75, 3.05) is 20.2 Å². The molecule has 4 heteroatoms. The summed E-state index contributed by atoms with van der Waals surface area (Å²) in [5.41, 5.74) is 1.28. The molecule has 0 fully saturated rings. The normalized spacial score (nSPS) is 10.2. The summed E-state index contributed by atoms with van der Waals surface area (Å²) in [5, 5.41) is 0. The zero-order chi connectivity index (χ0) is 13.5. The lowest BCUT2D eigenvalue weighted by Gasteiger charge is -2.17. The van der Waals surface area contributed by atoms with E-state index in [2.05, 4.69) is 24.1 Å². The van der Waals surface area contributed by atoms with Gasteiger partial charge in [-0.25, -0.2) is 4.39 Å². The number of benzene rings is 2. The Labute approximate surface area is 125 Å².